The molecule has 4 nitrogen and oxygen atoms in total. The number of halogens is 2. The fourth-order valence-electron chi connectivity index (χ4n) is 1.86. The van der Waals surface area contributed by atoms with Crippen LogP contribution in [-0.4, -0.2) is 15.5 Å². The highest BCUT2D eigenvalue weighted by atomic mass is 35.5. The van der Waals surface area contributed by atoms with Crippen LogP contribution < -0.4 is 11.5 Å². The molecule has 0 aliphatic rings. The largest absolute Gasteiger partial charge is 0.378 e. The first-order valence-corrected chi connectivity index (χ1v) is 7.16. The fraction of sp³-hybridized carbons (Fsp3) is 0.214. The highest BCUT2D eigenvalue weighted by molar-refractivity contribution is 8.13. The summed E-state index contributed by atoms with van der Waals surface area (Å²) in [5, 5.41) is 0.583. The van der Waals surface area contributed by atoms with E-state index in [0.29, 0.717) is 11.7 Å². The number of nitrogens with two attached hydrogens (primary N) is 2. The lowest BCUT2D eigenvalue weighted by Gasteiger charge is -2.10. The van der Waals surface area contributed by atoms with Gasteiger partial charge in [0.1, 0.15) is 0 Å². The van der Waals surface area contributed by atoms with E-state index in [1.165, 1.54) is 11.8 Å². The lowest BCUT2D eigenvalue weighted by atomic mass is 10.1. The number of benzene rings is 1. The first-order valence-electron chi connectivity index (χ1n) is 6.18. The van der Waals surface area contributed by atoms with Gasteiger partial charge in [-0.2, -0.15) is 0 Å². The topological polar surface area (TPSA) is 69.3 Å². The van der Waals surface area contributed by atoms with Crippen LogP contribution in [0.2, 0.25) is 0 Å². The smallest absolute Gasteiger partial charge is 0.159 e. The first kappa shape index (κ1) is 19.9. The molecule has 2 rings (SSSR count). The Hall–Kier alpha value is -1.14. The van der Waals surface area contributed by atoms with Crippen LogP contribution in [0.15, 0.2) is 47.7 Å². The van der Waals surface area contributed by atoms with Gasteiger partial charge < -0.3 is 16.0 Å². The number of aliphatic imine (C=N–C) groups is 1. The van der Waals surface area contributed by atoms with E-state index in [1.54, 1.807) is 0 Å². The zero-order valence-corrected chi connectivity index (χ0v) is 14.2. The second kappa shape index (κ2) is 9.73. The molecule has 116 valence electrons. The van der Waals surface area contributed by atoms with Crippen molar-refractivity contribution in [2.75, 3.05) is 5.75 Å². The minimum Gasteiger partial charge on any atom is -0.378 e. The maximum atomic E-state index is 5.82. The van der Waals surface area contributed by atoms with Gasteiger partial charge in [0, 0.05) is 24.6 Å². The van der Waals surface area contributed by atoms with Gasteiger partial charge in [0.15, 0.2) is 5.17 Å². The van der Waals surface area contributed by atoms with Crippen LogP contribution in [0.4, 0.5) is 5.69 Å². The Labute approximate surface area is 141 Å². The summed E-state index contributed by atoms with van der Waals surface area (Å²) in [4.78, 5) is 4.37. The molecule has 0 fully saturated rings. The van der Waals surface area contributed by atoms with Crippen molar-refractivity contribution in [2.45, 2.75) is 13.5 Å². The summed E-state index contributed by atoms with van der Waals surface area (Å²) in [6.45, 7) is 2.52. The Kier molecular flexibility index (Phi) is 9.21. The van der Waals surface area contributed by atoms with Crippen LogP contribution in [0.5, 0.6) is 0 Å². The molecule has 0 saturated carbocycles. The summed E-state index contributed by atoms with van der Waals surface area (Å²) in [5.74, 6) is 0.917. The van der Waals surface area contributed by atoms with E-state index in [4.69, 9.17) is 11.5 Å². The van der Waals surface area contributed by atoms with Crippen molar-refractivity contribution in [1.29, 1.82) is 0 Å². The van der Waals surface area contributed by atoms with E-state index in [9.17, 15) is 0 Å². The number of thioether (sulfide) groups is 1. The van der Waals surface area contributed by atoms with Crippen LogP contribution >= 0.6 is 36.6 Å². The predicted octanol–water partition coefficient (Wildman–Crippen LogP) is 3.48. The quantitative estimate of drug-likeness (QED) is 0.657. The number of amidine groups is 1. The SMILES string of the molecule is CCSC(N)=Nc1ccc(-n2cccc2)c(CN)c1.Cl.Cl. The third-order valence-corrected chi connectivity index (χ3v) is 3.37. The molecule has 1 aromatic heterocycles. The molecule has 0 unspecified atom stereocenters. The van der Waals surface area contributed by atoms with Gasteiger partial charge in [-0.1, -0.05) is 18.7 Å². The molecule has 4 N–H and O–H groups in total. The Bertz CT molecular complexity index is 570. The van der Waals surface area contributed by atoms with Crippen molar-refractivity contribution < 1.29 is 0 Å². The summed E-state index contributed by atoms with van der Waals surface area (Å²) in [6, 6.07) is 9.94. The number of hydrogen-bond donors (Lipinski definition) is 2. The first-order chi connectivity index (χ1) is 9.24. The molecular weight excluding hydrogens is 327 g/mol. The second-order valence-corrected chi connectivity index (χ2v) is 5.27. The van der Waals surface area contributed by atoms with E-state index in [1.807, 2.05) is 54.2 Å². The van der Waals surface area contributed by atoms with Crippen molar-refractivity contribution in [3.05, 3.63) is 48.3 Å². The lowest BCUT2D eigenvalue weighted by molar-refractivity contribution is 0.992. The van der Waals surface area contributed by atoms with E-state index < -0.39 is 0 Å². The van der Waals surface area contributed by atoms with Gasteiger partial charge in [-0.25, -0.2) is 4.99 Å². The normalized spacial score (nSPS) is 10.7. The van der Waals surface area contributed by atoms with Crippen LogP contribution in [-0.2, 0) is 6.54 Å². The van der Waals surface area contributed by atoms with Gasteiger partial charge in [0.2, 0.25) is 0 Å². The third-order valence-electron chi connectivity index (χ3n) is 2.70. The van der Waals surface area contributed by atoms with Crippen molar-refractivity contribution in [3.63, 3.8) is 0 Å². The summed E-state index contributed by atoms with van der Waals surface area (Å²) in [6.07, 6.45) is 4.00. The zero-order chi connectivity index (χ0) is 13.7. The van der Waals surface area contributed by atoms with E-state index in [2.05, 4.69) is 4.99 Å². The number of aromatic nitrogens is 1. The van der Waals surface area contributed by atoms with Crippen molar-refractivity contribution in [3.8, 4) is 5.69 Å². The van der Waals surface area contributed by atoms with Gasteiger partial charge in [-0.05, 0) is 41.6 Å². The minimum atomic E-state index is 0. The zero-order valence-electron chi connectivity index (χ0n) is 11.7. The van der Waals surface area contributed by atoms with Gasteiger partial charge in [-0.15, -0.1) is 24.8 Å². The van der Waals surface area contributed by atoms with Crippen molar-refractivity contribution in [2.24, 2.45) is 16.5 Å². The Morgan fingerprint density at radius 1 is 1.24 bits per heavy atom. The number of hydrogen-bond acceptors (Lipinski definition) is 3. The molecule has 2 aromatic rings. The summed E-state index contributed by atoms with van der Waals surface area (Å²) < 4.78 is 2.04. The summed E-state index contributed by atoms with van der Waals surface area (Å²) in [5.41, 5.74) is 14.6. The van der Waals surface area contributed by atoms with E-state index in [0.717, 1.165) is 22.7 Å². The average Bonchev–Trinajstić information content (AvgIpc) is 2.92. The van der Waals surface area contributed by atoms with Crippen LogP contribution in [0.3, 0.4) is 0 Å². The predicted molar refractivity (Wildman–Crippen MR) is 97.6 cm³/mol. The minimum absolute atomic E-state index is 0. The number of nitrogens with zero attached hydrogens (tertiary/aromatic N) is 2. The molecule has 1 heterocycles. The van der Waals surface area contributed by atoms with Crippen LogP contribution in [0, 0.1) is 0 Å². The molecule has 0 atom stereocenters. The van der Waals surface area contributed by atoms with E-state index in [-0.39, 0.29) is 24.8 Å². The van der Waals surface area contributed by atoms with Crippen LogP contribution in [0.1, 0.15) is 12.5 Å². The average molecular weight is 347 g/mol. The Balaban J connectivity index is 0.00000200. The summed E-state index contributed by atoms with van der Waals surface area (Å²) >= 11 is 1.53. The number of rotatable bonds is 4. The molecule has 0 bridgehead atoms. The van der Waals surface area contributed by atoms with Crippen LogP contribution in [0.25, 0.3) is 5.69 Å². The summed E-state index contributed by atoms with van der Waals surface area (Å²) in [7, 11) is 0. The molecule has 0 saturated heterocycles. The standard InChI is InChI=1S/C14H18N4S.2ClH/c1-2-19-14(16)17-12-5-6-13(11(9-12)10-15)18-7-3-4-8-18;;/h3-9H,2,10,15H2,1H3,(H2,16,17);2*1H. The molecule has 0 aliphatic carbocycles. The monoisotopic (exact) mass is 346 g/mol. The van der Waals surface area contributed by atoms with Gasteiger partial charge in [0.25, 0.3) is 0 Å². The Morgan fingerprint density at radius 2 is 1.90 bits per heavy atom. The van der Waals surface area contributed by atoms with E-state index >= 15 is 0 Å². The maximum Gasteiger partial charge on any atom is 0.159 e. The van der Waals surface area contributed by atoms with Gasteiger partial charge >= 0.3 is 0 Å². The van der Waals surface area contributed by atoms with Crippen molar-refractivity contribution >= 4 is 47.4 Å². The molecule has 21 heavy (non-hydrogen) atoms. The molecule has 0 amide bonds. The molecule has 7 heteroatoms. The fourth-order valence-corrected chi connectivity index (χ4v) is 2.33. The second-order valence-electron chi connectivity index (χ2n) is 3.99. The molecule has 0 aliphatic heterocycles. The van der Waals surface area contributed by atoms with Gasteiger partial charge in [0.05, 0.1) is 5.69 Å². The lowest BCUT2D eigenvalue weighted by Crippen LogP contribution is -2.06. The van der Waals surface area contributed by atoms with Crippen molar-refractivity contribution in [1.82, 2.24) is 4.57 Å². The maximum absolute atomic E-state index is 5.82. The molecule has 0 spiro atoms. The highest BCUT2D eigenvalue weighted by Gasteiger charge is 2.04. The molecule has 1 aromatic carbocycles. The Morgan fingerprint density at radius 3 is 2.48 bits per heavy atom. The molecular formula is C14H20Cl2N4S. The highest BCUT2D eigenvalue weighted by Crippen LogP contribution is 2.22. The third kappa shape index (κ3) is 5.28. The molecule has 0 radical (unpaired) electrons. The van der Waals surface area contributed by atoms with Gasteiger partial charge in [-0.3, -0.25) is 0 Å².